The van der Waals surface area contributed by atoms with Crippen LogP contribution < -0.4 is 10.9 Å². The van der Waals surface area contributed by atoms with Gasteiger partial charge in [0.05, 0.1) is 11.8 Å². The number of hydrogen-bond acceptors (Lipinski definition) is 3. The molecule has 6 heteroatoms. The molecule has 2 aliphatic carbocycles. The zero-order valence-corrected chi connectivity index (χ0v) is 15.4. The molecule has 2 saturated carbocycles. The second-order valence-electron chi connectivity index (χ2n) is 8.49. The maximum Gasteiger partial charge on any atom is 0.307 e. The van der Waals surface area contributed by atoms with E-state index in [-0.39, 0.29) is 17.3 Å². The van der Waals surface area contributed by atoms with Crippen molar-refractivity contribution in [3.8, 4) is 0 Å². The number of benzene rings is 1. The van der Waals surface area contributed by atoms with Crippen LogP contribution in [0.2, 0.25) is 0 Å². The zero-order valence-electron chi connectivity index (χ0n) is 15.4. The van der Waals surface area contributed by atoms with Crippen LogP contribution in [0.3, 0.4) is 0 Å². The summed E-state index contributed by atoms with van der Waals surface area (Å²) in [6, 6.07) is 7.24. The van der Waals surface area contributed by atoms with Crippen LogP contribution >= 0.6 is 0 Å². The lowest BCUT2D eigenvalue weighted by Crippen LogP contribution is -2.48. The number of carboxylic acid groups (broad SMARTS) is 1. The van der Waals surface area contributed by atoms with Crippen molar-refractivity contribution < 1.29 is 19.5 Å². The molecule has 2 aliphatic rings. The van der Waals surface area contributed by atoms with Gasteiger partial charge in [0, 0.05) is 5.56 Å². The van der Waals surface area contributed by atoms with Gasteiger partial charge in [-0.05, 0) is 54.2 Å². The maximum atomic E-state index is 12.5. The van der Waals surface area contributed by atoms with Gasteiger partial charge >= 0.3 is 5.97 Å². The van der Waals surface area contributed by atoms with Gasteiger partial charge in [0.25, 0.3) is 5.91 Å². The molecule has 140 valence electrons. The van der Waals surface area contributed by atoms with Gasteiger partial charge in [-0.3, -0.25) is 25.2 Å². The van der Waals surface area contributed by atoms with Crippen LogP contribution in [0.25, 0.3) is 0 Å². The predicted octanol–water partition coefficient (Wildman–Crippen LogP) is 2.49. The number of carbonyl (C=O) groups is 3. The van der Waals surface area contributed by atoms with Crippen LogP contribution in [0.4, 0.5) is 0 Å². The quantitative estimate of drug-likeness (QED) is 0.724. The molecule has 1 aromatic rings. The Bertz CT molecular complexity index is 720. The zero-order chi connectivity index (χ0) is 19.1. The Kier molecular flexibility index (Phi) is 4.78. The molecule has 6 nitrogen and oxygen atoms in total. The van der Waals surface area contributed by atoms with Crippen LogP contribution in [0.1, 0.15) is 56.0 Å². The number of aliphatic carboxylic acids is 1. The highest BCUT2D eigenvalue weighted by molar-refractivity contribution is 5.96. The summed E-state index contributed by atoms with van der Waals surface area (Å²) < 4.78 is 0. The molecule has 1 aromatic carbocycles. The van der Waals surface area contributed by atoms with Crippen LogP contribution in [0.15, 0.2) is 24.3 Å². The average molecular weight is 358 g/mol. The summed E-state index contributed by atoms with van der Waals surface area (Å²) >= 11 is 0. The lowest BCUT2D eigenvalue weighted by Gasteiger charge is -2.27. The second kappa shape index (κ2) is 6.74. The normalized spacial score (nSPS) is 27.2. The summed E-state index contributed by atoms with van der Waals surface area (Å²) in [4.78, 5) is 36.3. The molecular weight excluding hydrogens is 332 g/mol. The van der Waals surface area contributed by atoms with Crippen LogP contribution in [-0.2, 0) is 15.0 Å². The molecule has 3 N–H and O–H groups in total. The Balaban J connectivity index is 1.61. The molecule has 0 radical (unpaired) electrons. The molecule has 0 unspecified atom stereocenters. The Labute approximate surface area is 153 Å². The highest BCUT2D eigenvalue weighted by atomic mass is 16.4. The molecule has 0 aromatic heterocycles. The Morgan fingerprint density at radius 2 is 1.54 bits per heavy atom. The number of nitrogens with one attached hydrogen (secondary N) is 2. The average Bonchev–Trinajstić information content (AvgIpc) is 3.19. The fraction of sp³-hybridized carbons (Fsp3) is 0.550. The first kappa shape index (κ1) is 18.4. The van der Waals surface area contributed by atoms with Gasteiger partial charge in [-0.1, -0.05) is 32.9 Å². The van der Waals surface area contributed by atoms with Gasteiger partial charge in [-0.15, -0.1) is 0 Å². The summed E-state index contributed by atoms with van der Waals surface area (Å²) in [5, 5.41) is 9.43. The number of amides is 2. The summed E-state index contributed by atoms with van der Waals surface area (Å²) in [7, 11) is 0. The molecule has 0 heterocycles. The highest BCUT2D eigenvalue weighted by Crippen LogP contribution is 2.52. The van der Waals surface area contributed by atoms with E-state index in [1.54, 1.807) is 12.1 Å². The van der Waals surface area contributed by atoms with Crippen molar-refractivity contribution in [1.29, 1.82) is 0 Å². The number of fused-ring (bicyclic) bond motifs is 2. The van der Waals surface area contributed by atoms with E-state index in [4.69, 9.17) is 0 Å². The molecule has 4 atom stereocenters. The van der Waals surface area contributed by atoms with E-state index >= 15 is 0 Å². The number of hydrazine groups is 1. The topological polar surface area (TPSA) is 95.5 Å². The summed E-state index contributed by atoms with van der Waals surface area (Å²) in [5.41, 5.74) is 6.41. The first-order valence-electron chi connectivity index (χ1n) is 9.12. The van der Waals surface area contributed by atoms with Crippen LogP contribution in [0, 0.1) is 23.7 Å². The first-order valence-corrected chi connectivity index (χ1v) is 9.12. The van der Waals surface area contributed by atoms with E-state index in [9.17, 15) is 19.5 Å². The third kappa shape index (κ3) is 3.45. The number of rotatable bonds is 3. The Hall–Kier alpha value is -2.37. The summed E-state index contributed by atoms with van der Waals surface area (Å²) in [5.74, 6) is -2.75. The predicted molar refractivity (Wildman–Crippen MR) is 96.2 cm³/mol. The van der Waals surface area contributed by atoms with Gasteiger partial charge < -0.3 is 5.11 Å². The molecule has 0 aliphatic heterocycles. The Morgan fingerprint density at radius 1 is 0.962 bits per heavy atom. The van der Waals surface area contributed by atoms with E-state index in [2.05, 4.69) is 31.6 Å². The molecule has 2 bridgehead atoms. The largest absolute Gasteiger partial charge is 0.481 e. The van der Waals surface area contributed by atoms with Crippen molar-refractivity contribution in [3.63, 3.8) is 0 Å². The molecule has 2 amide bonds. The summed E-state index contributed by atoms with van der Waals surface area (Å²) in [6.45, 7) is 6.28. The minimum absolute atomic E-state index is 0.00312. The Morgan fingerprint density at radius 3 is 2.08 bits per heavy atom. The van der Waals surface area contributed by atoms with Gasteiger partial charge in [-0.2, -0.15) is 0 Å². The van der Waals surface area contributed by atoms with Crippen LogP contribution in [0.5, 0.6) is 0 Å². The third-order valence-electron chi connectivity index (χ3n) is 5.82. The fourth-order valence-corrected chi connectivity index (χ4v) is 4.42. The molecule has 3 rings (SSSR count). The monoisotopic (exact) mass is 358 g/mol. The van der Waals surface area contributed by atoms with E-state index in [1.807, 2.05) is 12.1 Å². The first-order chi connectivity index (χ1) is 12.2. The van der Waals surface area contributed by atoms with E-state index in [0.29, 0.717) is 5.56 Å². The van der Waals surface area contributed by atoms with Crippen LogP contribution in [-0.4, -0.2) is 22.9 Å². The smallest absolute Gasteiger partial charge is 0.307 e. The van der Waals surface area contributed by atoms with E-state index < -0.39 is 29.6 Å². The number of carbonyl (C=O) groups excluding carboxylic acids is 2. The standard InChI is InChI=1S/C20H26N2O4/c1-20(2,3)14-8-6-11(7-9-14)17(23)21-22-18(24)15-12-4-5-13(10-12)16(15)19(25)26/h6-9,12-13,15-16H,4-5,10H2,1-3H3,(H,21,23)(H,22,24)(H,25,26)/t12-,13-,15+,16+/m0/s1. The van der Waals surface area contributed by atoms with Crippen molar-refractivity contribution >= 4 is 17.8 Å². The lowest BCUT2D eigenvalue weighted by molar-refractivity contribution is -0.149. The van der Waals surface area contributed by atoms with Gasteiger partial charge in [0.1, 0.15) is 0 Å². The molecule has 26 heavy (non-hydrogen) atoms. The minimum Gasteiger partial charge on any atom is -0.481 e. The number of hydrogen-bond donors (Lipinski definition) is 3. The lowest BCUT2D eigenvalue weighted by atomic mass is 9.79. The van der Waals surface area contributed by atoms with Crippen molar-refractivity contribution in [3.05, 3.63) is 35.4 Å². The molecule has 0 spiro atoms. The van der Waals surface area contributed by atoms with Gasteiger partial charge in [-0.25, -0.2) is 0 Å². The van der Waals surface area contributed by atoms with Gasteiger partial charge in [0.15, 0.2) is 0 Å². The van der Waals surface area contributed by atoms with Gasteiger partial charge in [0.2, 0.25) is 5.91 Å². The van der Waals surface area contributed by atoms with Crippen molar-refractivity contribution in [2.24, 2.45) is 23.7 Å². The van der Waals surface area contributed by atoms with E-state index in [1.165, 1.54) is 0 Å². The van der Waals surface area contributed by atoms with Crippen molar-refractivity contribution in [2.75, 3.05) is 0 Å². The highest BCUT2D eigenvalue weighted by Gasteiger charge is 2.54. The minimum atomic E-state index is -0.915. The number of carboxylic acids is 1. The molecule has 0 saturated heterocycles. The molecule has 2 fully saturated rings. The van der Waals surface area contributed by atoms with E-state index in [0.717, 1.165) is 24.8 Å². The molecular formula is C20H26N2O4. The SMILES string of the molecule is CC(C)(C)c1ccc(C(=O)NNC(=O)[C@@H]2[C@H]3CC[C@@H](C3)[C@H]2C(=O)O)cc1. The maximum absolute atomic E-state index is 12.5. The summed E-state index contributed by atoms with van der Waals surface area (Å²) in [6.07, 6.45) is 2.55. The fourth-order valence-electron chi connectivity index (χ4n) is 4.42. The van der Waals surface area contributed by atoms with Crippen molar-refractivity contribution in [2.45, 2.75) is 45.4 Å². The second-order valence-corrected chi connectivity index (χ2v) is 8.49. The van der Waals surface area contributed by atoms with Crippen molar-refractivity contribution in [1.82, 2.24) is 10.9 Å². The third-order valence-corrected chi connectivity index (χ3v) is 5.82.